The van der Waals surface area contributed by atoms with Crippen molar-refractivity contribution in [1.29, 1.82) is 0 Å². The highest BCUT2D eigenvalue weighted by Crippen LogP contribution is 2.35. The summed E-state index contributed by atoms with van der Waals surface area (Å²) in [5.41, 5.74) is 12.9. The third kappa shape index (κ3) is 2.94. The number of fused-ring (bicyclic) bond motifs is 1. The normalized spacial score (nSPS) is 33.1. The van der Waals surface area contributed by atoms with E-state index in [1.807, 2.05) is 0 Å². The van der Waals surface area contributed by atoms with E-state index < -0.39 is 24.4 Å². The van der Waals surface area contributed by atoms with E-state index >= 15 is 0 Å². The smallest absolute Gasteiger partial charge is 0.151 e. The van der Waals surface area contributed by atoms with Gasteiger partial charge in [0.05, 0.1) is 25.0 Å². The lowest BCUT2D eigenvalue weighted by Gasteiger charge is -2.36. The minimum Gasteiger partial charge on any atom is -0.388 e. The maximum absolute atomic E-state index is 10.6. The standard InChI is InChI=1S/C16H24N6O4/c17-5-9-7-25-4-3-21(9)6-12-13(23)14(24)15(26-12)10-1-2-11-16(18)19-8-20-22(10)11/h1-2,8-9,12-15,23-24H,3-7,17H2,(H2,18,19,20)/t9-,12-,13-,14-,15+/m1/s1. The average Bonchev–Trinajstić information content (AvgIpc) is 3.20. The number of aliphatic hydroxyl groups is 2. The van der Waals surface area contributed by atoms with Crippen molar-refractivity contribution in [3.63, 3.8) is 0 Å². The SMILES string of the molecule is NC[C@@H]1COCCN1C[C@H]1O[C@@H](c2ccc3c(N)ncnn23)[C@H](O)[C@@H]1O. The van der Waals surface area contributed by atoms with Crippen molar-refractivity contribution in [1.82, 2.24) is 19.5 Å². The molecule has 10 nitrogen and oxygen atoms in total. The van der Waals surface area contributed by atoms with Gasteiger partial charge in [0.15, 0.2) is 5.82 Å². The first-order chi connectivity index (χ1) is 12.6. The van der Waals surface area contributed by atoms with E-state index in [9.17, 15) is 10.2 Å². The molecule has 2 fully saturated rings. The van der Waals surface area contributed by atoms with Crippen LogP contribution in [0.25, 0.3) is 5.52 Å². The van der Waals surface area contributed by atoms with Gasteiger partial charge in [-0.3, -0.25) is 4.90 Å². The van der Waals surface area contributed by atoms with Crippen molar-refractivity contribution in [3.05, 3.63) is 24.2 Å². The lowest BCUT2D eigenvalue weighted by atomic mass is 10.0. The first kappa shape index (κ1) is 17.6. The Hall–Kier alpha value is -1.82. The minimum atomic E-state index is -1.06. The second kappa shape index (κ2) is 7.06. The molecular formula is C16H24N6O4. The summed E-state index contributed by atoms with van der Waals surface area (Å²) in [7, 11) is 0. The van der Waals surface area contributed by atoms with E-state index in [2.05, 4.69) is 15.0 Å². The Morgan fingerprint density at radius 3 is 2.92 bits per heavy atom. The molecule has 142 valence electrons. The Morgan fingerprint density at radius 1 is 1.27 bits per heavy atom. The summed E-state index contributed by atoms with van der Waals surface area (Å²) in [5.74, 6) is 0.343. The topological polar surface area (TPSA) is 144 Å². The van der Waals surface area contributed by atoms with Crippen LogP contribution >= 0.6 is 0 Å². The summed E-state index contributed by atoms with van der Waals surface area (Å²) >= 11 is 0. The largest absolute Gasteiger partial charge is 0.388 e. The van der Waals surface area contributed by atoms with Gasteiger partial charge in [-0.25, -0.2) is 9.50 Å². The van der Waals surface area contributed by atoms with Crippen LogP contribution in [0.3, 0.4) is 0 Å². The first-order valence-electron chi connectivity index (χ1n) is 8.71. The zero-order valence-electron chi connectivity index (χ0n) is 14.3. The van der Waals surface area contributed by atoms with Gasteiger partial charge in [0, 0.05) is 25.7 Å². The quantitative estimate of drug-likeness (QED) is 0.490. The number of nitrogens with zero attached hydrogens (tertiary/aromatic N) is 4. The minimum absolute atomic E-state index is 0.0809. The summed E-state index contributed by atoms with van der Waals surface area (Å²) in [4.78, 5) is 6.10. The van der Waals surface area contributed by atoms with Crippen molar-refractivity contribution in [2.24, 2.45) is 5.73 Å². The second-order valence-electron chi connectivity index (χ2n) is 6.74. The van der Waals surface area contributed by atoms with E-state index in [-0.39, 0.29) is 6.04 Å². The highest BCUT2D eigenvalue weighted by molar-refractivity contribution is 5.65. The van der Waals surface area contributed by atoms with Gasteiger partial charge in [-0.05, 0) is 12.1 Å². The lowest BCUT2D eigenvalue weighted by molar-refractivity contribution is -0.0557. The number of aliphatic hydroxyl groups excluding tert-OH is 2. The van der Waals surface area contributed by atoms with Crippen LogP contribution in [-0.4, -0.2) is 86.9 Å². The molecule has 6 N–H and O–H groups in total. The number of hydrogen-bond donors (Lipinski definition) is 4. The average molecular weight is 364 g/mol. The molecule has 4 rings (SSSR count). The molecule has 10 heteroatoms. The number of aromatic nitrogens is 3. The Kier molecular flexibility index (Phi) is 4.78. The molecule has 0 spiro atoms. The van der Waals surface area contributed by atoms with E-state index in [1.165, 1.54) is 6.33 Å². The van der Waals surface area contributed by atoms with Crippen LogP contribution in [0, 0.1) is 0 Å². The third-order valence-corrected chi connectivity index (χ3v) is 5.20. The second-order valence-corrected chi connectivity index (χ2v) is 6.74. The predicted molar refractivity (Wildman–Crippen MR) is 92.3 cm³/mol. The Bertz CT molecular complexity index is 770. The van der Waals surface area contributed by atoms with Gasteiger partial charge in [0.1, 0.15) is 30.2 Å². The molecule has 2 saturated heterocycles. The summed E-state index contributed by atoms with van der Waals surface area (Å²) in [6.07, 6.45) is -1.96. The number of nitrogens with two attached hydrogens (primary N) is 2. The Labute approximate surface area is 150 Å². The Morgan fingerprint density at radius 2 is 2.12 bits per heavy atom. The number of hydrogen-bond acceptors (Lipinski definition) is 9. The number of rotatable bonds is 4. The predicted octanol–water partition coefficient (Wildman–Crippen LogP) is -1.87. The summed E-state index contributed by atoms with van der Waals surface area (Å²) < 4.78 is 13.1. The van der Waals surface area contributed by atoms with Crippen LogP contribution in [0.2, 0.25) is 0 Å². The van der Waals surface area contributed by atoms with Crippen molar-refractivity contribution in [2.75, 3.05) is 38.6 Å². The third-order valence-electron chi connectivity index (χ3n) is 5.20. The number of anilines is 1. The first-order valence-corrected chi connectivity index (χ1v) is 8.71. The van der Waals surface area contributed by atoms with Crippen molar-refractivity contribution < 1.29 is 19.7 Å². The molecular weight excluding hydrogens is 340 g/mol. The monoisotopic (exact) mass is 364 g/mol. The van der Waals surface area contributed by atoms with Gasteiger partial charge in [-0.1, -0.05) is 0 Å². The van der Waals surface area contributed by atoms with Crippen LogP contribution in [0.1, 0.15) is 11.8 Å². The Balaban J connectivity index is 1.55. The molecule has 0 bridgehead atoms. The van der Waals surface area contributed by atoms with Crippen molar-refractivity contribution >= 4 is 11.3 Å². The molecule has 0 aromatic carbocycles. The highest BCUT2D eigenvalue weighted by Gasteiger charge is 2.45. The fraction of sp³-hybridized carbons (Fsp3) is 0.625. The molecule has 4 heterocycles. The van der Waals surface area contributed by atoms with Gasteiger partial charge in [0.25, 0.3) is 0 Å². The van der Waals surface area contributed by atoms with Gasteiger partial charge in [-0.2, -0.15) is 5.10 Å². The van der Waals surface area contributed by atoms with E-state index in [0.717, 1.165) is 0 Å². The molecule has 2 aliphatic heterocycles. The van der Waals surface area contributed by atoms with Crippen LogP contribution in [0.4, 0.5) is 5.82 Å². The van der Waals surface area contributed by atoms with Gasteiger partial charge < -0.3 is 31.2 Å². The number of ether oxygens (including phenoxy) is 2. The fourth-order valence-electron chi connectivity index (χ4n) is 3.71. The molecule has 0 amide bonds. The van der Waals surface area contributed by atoms with Gasteiger partial charge in [0.2, 0.25) is 0 Å². The highest BCUT2D eigenvalue weighted by atomic mass is 16.5. The molecule has 26 heavy (non-hydrogen) atoms. The van der Waals surface area contributed by atoms with Crippen LogP contribution in [-0.2, 0) is 9.47 Å². The molecule has 0 radical (unpaired) electrons. The molecule has 2 aromatic heterocycles. The zero-order valence-corrected chi connectivity index (χ0v) is 14.3. The van der Waals surface area contributed by atoms with Gasteiger partial charge in [-0.15, -0.1) is 0 Å². The van der Waals surface area contributed by atoms with E-state index in [1.54, 1.807) is 16.6 Å². The molecule has 0 saturated carbocycles. The molecule has 0 aliphatic carbocycles. The molecule has 5 atom stereocenters. The zero-order chi connectivity index (χ0) is 18.3. The van der Waals surface area contributed by atoms with E-state index in [4.69, 9.17) is 20.9 Å². The molecule has 0 unspecified atom stereocenters. The molecule has 2 aliphatic rings. The van der Waals surface area contributed by atoms with Gasteiger partial charge >= 0.3 is 0 Å². The maximum Gasteiger partial charge on any atom is 0.151 e. The maximum atomic E-state index is 10.6. The van der Waals surface area contributed by atoms with Crippen LogP contribution < -0.4 is 11.5 Å². The summed E-state index contributed by atoms with van der Waals surface area (Å²) in [6, 6.07) is 3.63. The van der Waals surface area contributed by atoms with E-state index in [0.29, 0.717) is 49.9 Å². The molecule has 2 aromatic rings. The van der Waals surface area contributed by atoms with Crippen molar-refractivity contribution in [2.45, 2.75) is 30.5 Å². The summed E-state index contributed by atoms with van der Waals surface area (Å²) in [6.45, 7) is 2.83. The summed E-state index contributed by atoms with van der Waals surface area (Å²) in [5, 5.41) is 25.2. The van der Waals surface area contributed by atoms with Crippen LogP contribution in [0.15, 0.2) is 18.5 Å². The van der Waals surface area contributed by atoms with Crippen LogP contribution in [0.5, 0.6) is 0 Å². The fourth-order valence-corrected chi connectivity index (χ4v) is 3.71. The number of morpholine rings is 1. The number of nitrogen functional groups attached to an aromatic ring is 1. The van der Waals surface area contributed by atoms with Crippen molar-refractivity contribution in [3.8, 4) is 0 Å². The lowest BCUT2D eigenvalue weighted by Crippen LogP contribution is -2.53.